The van der Waals surface area contributed by atoms with Crippen LogP contribution in [-0.2, 0) is 42.9 Å². The third kappa shape index (κ3) is 8.06. The van der Waals surface area contributed by atoms with Crippen molar-refractivity contribution in [1.29, 1.82) is 0 Å². The zero-order chi connectivity index (χ0) is 30.2. The number of nitrogens with zero attached hydrogens (tertiary/aromatic N) is 4. The molecule has 0 aliphatic heterocycles. The van der Waals surface area contributed by atoms with E-state index in [4.69, 9.17) is 20.4 Å². The van der Waals surface area contributed by atoms with Crippen LogP contribution in [0.15, 0.2) is 71.5 Å². The summed E-state index contributed by atoms with van der Waals surface area (Å²) in [5, 5.41) is 49.3. The van der Waals surface area contributed by atoms with Gasteiger partial charge >= 0.3 is 0 Å². The van der Waals surface area contributed by atoms with Gasteiger partial charge < -0.3 is 10.8 Å². The maximum Gasteiger partial charge on any atom is 0.296 e. The number of anilines is 1. The van der Waals surface area contributed by atoms with Gasteiger partial charge in [-0.1, -0.05) is 10.1 Å². The first kappa shape index (κ1) is 32.5. The lowest BCUT2D eigenvalue weighted by molar-refractivity contribution is -0.434. The number of hydrogen-bond donors (Lipinski definition) is 5. The summed E-state index contributed by atoms with van der Waals surface area (Å²) in [6.07, 6.45) is 0. The average Bonchev–Trinajstić information content (AvgIpc) is 2.92. The molecule has 3 rings (SSSR count). The molecule has 0 amide bonds. The van der Waals surface area contributed by atoms with Crippen LogP contribution >= 0.6 is 24.4 Å². The Morgan fingerprint density at radius 2 is 1.63 bits per heavy atom. The molecule has 18 nitrogen and oxygen atoms in total. The van der Waals surface area contributed by atoms with Gasteiger partial charge in [-0.25, -0.2) is 18.9 Å². The normalized spacial score (nSPS) is 12.7. The standard InChI is InChI=1S/C19H19N5O13S4/c1-21-23-18-14(41(30,31)32)9-10-8-13(38-36-34-26)17(16(20)15(10)19(18)25)24-22-11-2-4-12(5-3-11)40(28,29)7-6-33-39-37-35-27/h2-5,8-9,25-27H,6-7,20H2,1H3,(H,30,31,32)/b23-21+,24-22+. The van der Waals surface area contributed by atoms with Crippen LogP contribution in [0.25, 0.3) is 10.8 Å². The van der Waals surface area contributed by atoms with E-state index in [1.165, 1.54) is 37.4 Å². The van der Waals surface area contributed by atoms with Crippen LogP contribution in [0, 0.1) is 0 Å². The fourth-order valence-corrected chi connectivity index (χ4v) is 5.86. The molecule has 0 aliphatic carbocycles. The molecule has 22 heteroatoms. The number of phenolic OH excluding ortho intramolecular Hbond substituents is 1. The molecule has 0 aromatic heterocycles. The van der Waals surface area contributed by atoms with Gasteiger partial charge in [0.05, 0.1) is 51.0 Å². The molecule has 0 spiro atoms. The van der Waals surface area contributed by atoms with Crippen molar-refractivity contribution >= 4 is 77.8 Å². The number of azo groups is 2. The highest BCUT2D eigenvalue weighted by Crippen LogP contribution is 2.49. The zero-order valence-corrected chi connectivity index (χ0v) is 23.6. The van der Waals surface area contributed by atoms with E-state index in [1.807, 2.05) is 0 Å². The highest BCUT2D eigenvalue weighted by Gasteiger charge is 2.25. The molecule has 0 fully saturated rings. The van der Waals surface area contributed by atoms with E-state index < -0.39 is 42.0 Å². The Bertz CT molecular complexity index is 1670. The molecule has 0 saturated heterocycles. The van der Waals surface area contributed by atoms with Crippen molar-refractivity contribution in [1.82, 2.24) is 0 Å². The largest absolute Gasteiger partial charge is 0.505 e. The van der Waals surface area contributed by atoms with Crippen molar-refractivity contribution in [3.8, 4) is 5.75 Å². The van der Waals surface area contributed by atoms with Crippen LogP contribution in [0.2, 0.25) is 0 Å². The van der Waals surface area contributed by atoms with Gasteiger partial charge in [-0.2, -0.15) is 23.8 Å². The first-order valence-corrected chi connectivity index (χ1v) is 15.0. The minimum absolute atomic E-state index is 0.00180. The molecule has 0 radical (unpaired) electrons. The second-order valence-electron chi connectivity index (χ2n) is 7.35. The molecule has 3 aromatic carbocycles. The third-order valence-electron chi connectivity index (χ3n) is 4.95. The molecule has 0 atom stereocenters. The van der Waals surface area contributed by atoms with Gasteiger partial charge in [0.1, 0.15) is 16.3 Å². The smallest absolute Gasteiger partial charge is 0.296 e. The lowest BCUT2D eigenvalue weighted by Crippen LogP contribution is -2.10. The zero-order valence-electron chi connectivity index (χ0n) is 20.3. The Balaban J connectivity index is 2.02. The predicted octanol–water partition coefficient (Wildman–Crippen LogP) is 4.71. The van der Waals surface area contributed by atoms with Crippen molar-refractivity contribution in [2.75, 3.05) is 25.1 Å². The monoisotopic (exact) mass is 653 g/mol. The first-order valence-electron chi connectivity index (χ1n) is 10.5. The molecule has 222 valence electrons. The predicted molar refractivity (Wildman–Crippen MR) is 142 cm³/mol. The number of fused-ring (bicyclic) bond motifs is 1. The summed E-state index contributed by atoms with van der Waals surface area (Å²) in [6.45, 7) is -0.279. The van der Waals surface area contributed by atoms with Gasteiger partial charge in [0.2, 0.25) is 0 Å². The fourth-order valence-electron chi connectivity index (χ4n) is 3.28. The summed E-state index contributed by atoms with van der Waals surface area (Å²) in [7, 11) is -7.41. The van der Waals surface area contributed by atoms with Crippen LogP contribution in [0.5, 0.6) is 5.75 Å². The molecule has 6 N–H and O–H groups in total. The van der Waals surface area contributed by atoms with Crippen molar-refractivity contribution in [2.24, 2.45) is 20.5 Å². The van der Waals surface area contributed by atoms with Gasteiger partial charge in [0.15, 0.2) is 27.9 Å². The number of aromatic hydroxyl groups is 1. The first-order chi connectivity index (χ1) is 19.4. The van der Waals surface area contributed by atoms with E-state index in [0.29, 0.717) is 12.0 Å². The number of benzene rings is 3. The van der Waals surface area contributed by atoms with Gasteiger partial charge in [-0.05, 0) is 41.8 Å². The van der Waals surface area contributed by atoms with Gasteiger partial charge in [0.25, 0.3) is 10.1 Å². The average molecular weight is 654 g/mol. The summed E-state index contributed by atoms with van der Waals surface area (Å²) in [5.74, 6) is -1.16. The molecular weight excluding hydrogens is 634 g/mol. The SMILES string of the molecule is C/N=N/c1c(S(=O)(=O)O)cc2cc(SOOO)c(/N=N/c3ccc(S(=O)(=O)CCOSOOO)cc3)c(N)c2c1O. The summed E-state index contributed by atoms with van der Waals surface area (Å²) in [5.41, 5.74) is 5.46. The third-order valence-corrected chi connectivity index (χ3v) is 8.51. The molecule has 0 unspecified atom stereocenters. The number of phenols is 1. The molecule has 0 bridgehead atoms. The minimum atomic E-state index is -4.86. The van der Waals surface area contributed by atoms with E-state index in [1.54, 1.807) is 0 Å². The Morgan fingerprint density at radius 1 is 0.951 bits per heavy atom. The van der Waals surface area contributed by atoms with E-state index in [-0.39, 0.29) is 56.6 Å². The van der Waals surface area contributed by atoms with E-state index in [0.717, 1.165) is 6.07 Å². The van der Waals surface area contributed by atoms with Crippen molar-refractivity contribution in [3.63, 3.8) is 0 Å². The molecule has 0 aliphatic rings. The van der Waals surface area contributed by atoms with Crippen molar-refractivity contribution in [2.45, 2.75) is 14.7 Å². The van der Waals surface area contributed by atoms with Crippen LogP contribution in [0.4, 0.5) is 22.7 Å². The Morgan fingerprint density at radius 3 is 2.24 bits per heavy atom. The topological polar surface area (TPSA) is 271 Å². The van der Waals surface area contributed by atoms with Crippen LogP contribution in [0.1, 0.15) is 0 Å². The second kappa shape index (κ2) is 14.3. The Kier molecular flexibility index (Phi) is 11.3. The summed E-state index contributed by atoms with van der Waals surface area (Å²) < 4.78 is 71.5. The van der Waals surface area contributed by atoms with Gasteiger partial charge in [-0.15, -0.1) is 13.8 Å². The quantitative estimate of drug-likeness (QED) is 0.0300. The van der Waals surface area contributed by atoms with Gasteiger partial charge in [-0.3, -0.25) is 8.74 Å². The second-order valence-corrected chi connectivity index (χ2v) is 12.1. The van der Waals surface area contributed by atoms with Crippen molar-refractivity contribution < 1.29 is 59.9 Å². The van der Waals surface area contributed by atoms with Crippen LogP contribution in [0.3, 0.4) is 0 Å². The van der Waals surface area contributed by atoms with Crippen LogP contribution < -0.4 is 5.73 Å². The lowest BCUT2D eigenvalue weighted by Gasteiger charge is -2.14. The summed E-state index contributed by atoms with van der Waals surface area (Å²) in [6, 6.07) is 7.42. The van der Waals surface area contributed by atoms with E-state index >= 15 is 0 Å². The molecule has 0 saturated carbocycles. The van der Waals surface area contributed by atoms with Crippen LogP contribution in [-0.4, -0.2) is 56.4 Å². The summed E-state index contributed by atoms with van der Waals surface area (Å²) >= 11 is 0.637. The molecule has 0 heterocycles. The van der Waals surface area contributed by atoms with Crippen molar-refractivity contribution in [3.05, 3.63) is 36.4 Å². The molecule has 41 heavy (non-hydrogen) atoms. The maximum atomic E-state index is 12.4. The lowest BCUT2D eigenvalue weighted by atomic mass is 10.1. The highest BCUT2D eigenvalue weighted by atomic mass is 32.2. The maximum absolute atomic E-state index is 12.4. The number of hydrogen-bond acceptors (Lipinski definition) is 19. The number of sulfone groups is 1. The van der Waals surface area contributed by atoms with Gasteiger partial charge in [0, 0.05) is 7.05 Å². The Hall–Kier alpha value is -3.00. The molecular formula is C19H19N5O13S4. The number of nitrogen functional groups attached to an aromatic ring is 1. The minimum Gasteiger partial charge on any atom is -0.505 e. The Labute approximate surface area is 239 Å². The molecule has 3 aromatic rings. The number of rotatable bonds is 14. The summed E-state index contributed by atoms with van der Waals surface area (Å²) in [4.78, 5) is -0.799. The number of nitrogens with two attached hydrogens (primary N) is 1. The van der Waals surface area contributed by atoms with E-state index in [2.05, 4.69) is 39.2 Å². The fraction of sp³-hybridized carbons (Fsp3) is 0.158. The van der Waals surface area contributed by atoms with E-state index in [9.17, 15) is 26.5 Å². The highest BCUT2D eigenvalue weighted by molar-refractivity contribution is 7.94.